The lowest BCUT2D eigenvalue weighted by molar-refractivity contribution is -0.137. The van der Waals surface area contributed by atoms with Crippen LogP contribution < -0.4 is 15.1 Å². The van der Waals surface area contributed by atoms with Crippen LogP contribution in [0, 0.1) is 0 Å². The summed E-state index contributed by atoms with van der Waals surface area (Å²) in [6.07, 6.45) is -0.924. The van der Waals surface area contributed by atoms with Crippen molar-refractivity contribution in [3.63, 3.8) is 0 Å². The molecule has 2 N–H and O–H groups in total. The molecule has 1 aromatic heterocycles. The molecular formula is C21H26F3N5O2. The molecule has 0 spiro atoms. The number of halogens is 3. The Bertz CT molecular complexity index is 884. The molecular weight excluding hydrogens is 411 g/mol. The number of hydrogen-bond donors (Lipinski definition) is 2. The molecule has 0 aliphatic carbocycles. The van der Waals surface area contributed by atoms with Crippen molar-refractivity contribution in [1.29, 1.82) is 0 Å². The highest BCUT2D eigenvalue weighted by Crippen LogP contribution is 2.29. The number of carbonyl (C=O) groups is 1. The second kappa shape index (κ2) is 9.95. The van der Waals surface area contributed by atoms with Gasteiger partial charge >= 0.3 is 6.18 Å². The van der Waals surface area contributed by atoms with Crippen LogP contribution in [0.1, 0.15) is 41.3 Å². The topological polar surface area (TPSA) is 81.6 Å². The molecule has 1 fully saturated rings. The van der Waals surface area contributed by atoms with E-state index in [9.17, 15) is 23.1 Å². The number of nitrogens with zero attached hydrogens (tertiary/aromatic N) is 4. The fourth-order valence-corrected chi connectivity index (χ4v) is 3.46. The van der Waals surface area contributed by atoms with E-state index < -0.39 is 17.6 Å². The second-order valence-electron chi connectivity index (χ2n) is 7.28. The van der Waals surface area contributed by atoms with Crippen LogP contribution in [0.25, 0.3) is 0 Å². The molecule has 0 atom stereocenters. The van der Waals surface area contributed by atoms with E-state index in [4.69, 9.17) is 0 Å². The molecule has 31 heavy (non-hydrogen) atoms. The molecule has 1 aliphatic rings. The molecule has 1 saturated heterocycles. The number of likely N-dealkylation sites (N-methyl/N-ethyl adjacent to an activating group) is 1. The van der Waals surface area contributed by atoms with Gasteiger partial charge in [-0.25, -0.2) is 4.98 Å². The molecule has 7 nitrogen and oxygen atoms in total. The SMILES string of the molecule is CCN(CCO)c1ncc(C(=O)NCc2ccc(C(F)(F)F)cc2)c(N2CCCC2)n1. The Hall–Kier alpha value is -2.88. The second-order valence-corrected chi connectivity index (χ2v) is 7.28. The van der Waals surface area contributed by atoms with Crippen LogP contribution in [-0.2, 0) is 12.7 Å². The van der Waals surface area contributed by atoms with Gasteiger partial charge in [-0.15, -0.1) is 0 Å². The number of aliphatic hydroxyl groups excluding tert-OH is 1. The number of nitrogens with one attached hydrogen (secondary N) is 1. The van der Waals surface area contributed by atoms with E-state index >= 15 is 0 Å². The Balaban J connectivity index is 1.77. The van der Waals surface area contributed by atoms with Crippen molar-refractivity contribution in [2.75, 3.05) is 42.6 Å². The zero-order chi connectivity index (χ0) is 22.4. The first-order valence-corrected chi connectivity index (χ1v) is 10.3. The first-order valence-electron chi connectivity index (χ1n) is 10.3. The van der Waals surface area contributed by atoms with Gasteiger partial charge < -0.3 is 20.2 Å². The summed E-state index contributed by atoms with van der Waals surface area (Å²) in [5.41, 5.74) is 0.144. The third-order valence-corrected chi connectivity index (χ3v) is 5.17. The van der Waals surface area contributed by atoms with Gasteiger partial charge in [0.25, 0.3) is 5.91 Å². The number of rotatable bonds is 8. The molecule has 0 saturated carbocycles. The highest BCUT2D eigenvalue weighted by Gasteiger charge is 2.30. The van der Waals surface area contributed by atoms with Crippen molar-refractivity contribution in [1.82, 2.24) is 15.3 Å². The van der Waals surface area contributed by atoms with E-state index in [1.807, 2.05) is 16.7 Å². The maximum Gasteiger partial charge on any atom is 0.416 e. The molecule has 3 rings (SSSR count). The number of amides is 1. The average Bonchev–Trinajstić information content (AvgIpc) is 3.30. The van der Waals surface area contributed by atoms with Crippen molar-refractivity contribution < 1.29 is 23.1 Å². The van der Waals surface area contributed by atoms with Crippen molar-refractivity contribution in [3.05, 3.63) is 47.2 Å². The van der Waals surface area contributed by atoms with Crippen LogP contribution in [0.2, 0.25) is 0 Å². The minimum atomic E-state index is -4.39. The summed E-state index contributed by atoms with van der Waals surface area (Å²) >= 11 is 0. The van der Waals surface area contributed by atoms with Crippen molar-refractivity contribution >= 4 is 17.7 Å². The van der Waals surface area contributed by atoms with Gasteiger partial charge in [0.15, 0.2) is 0 Å². The largest absolute Gasteiger partial charge is 0.416 e. The Morgan fingerprint density at radius 1 is 1.23 bits per heavy atom. The summed E-state index contributed by atoms with van der Waals surface area (Å²) < 4.78 is 38.1. The third-order valence-electron chi connectivity index (χ3n) is 5.17. The number of alkyl halides is 3. The Morgan fingerprint density at radius 2 is 1.90 bits per heavy atom. The van der Waals surface area contributed by atoms with Crippen LogP contribution in [-0.4, -0.2) is 53.8 Å². The molecule has 0 bridgehead atoms. The number of carbonyl (C=O) groups excluding carboxylic acids is 1. The number of anilines is 2. The fraction of sp³-hybridized carbons (Fsp3) is 0.476. The molecule has 2 aromatic rings. The molecule has 168 valence electrons. The van der Waals surface area contributed by atoms with Gasteiger partial charge in [0, 0.05) is 38.9 Å². The van der Waals surface area contributed by atoms with Gasteiger partial charge in [0.2, 0.25) is 5.95 Å². The summed E-state index contributed by atoms with van der Waals surface area (Å²) in [5.74, 6) is 0.583. The quantitative estimate of drug-likeness (QED) is 0.661. The fourth-order valence-electron chi connectivity index (χ4n) is 3.46. The number of hydrogen-bond acceptors (Lipinski definition) is 6. The van der Waals surface area contributed by atoms with E-state index in [0.717, 1.165) is 38.1 Å². The lowest BCUT2D eigenvalue weighted by Crippen LogP contribution is -2.32. The molecule has 2 heterocycles. The Labute approximate surface area is 178 Å². The van der Waals surface area contributed by atoms with Crippen LogP contribution in [0.5, 0.6) is 0 Å². The first-order chi connectivity index (χ1) is 14.8. The van der Waals surface area contributed by atoms with Gasteiger partial charge in [-0.2, -0.15) is 18.2 Å². The maximum atomic E-state index is 12.8. The minimum Gasteiger partial charge on any atom is -0.395 e. The lowest BCUT2D eigenvalue weighted by Gasteiger charge is -2.24. The first kappa shape index (κ1) is 22.8. The highest BCUT2D eigenvalue weighted by molar-refractivity contribution is 5.98. The summed E-state index contributed by atoms with van der Waals surface area (Å²) in [6.45, 7) is 4.53. The van der Waals surface area contributed by atoms with Gasteiger partial charge in [-0.1, -0.05) is 12.1 Å². The summed E-state index contributed by atoms with van der Waals surface area (Å²) in [5, 5.41) is 12.0. The zero-order valence-electron chi connectivity index (χ0n) is 17.3. The summed E-state index contributed by atoms with van der Waals surface area (Å²) in [7, 11) is 0. The van der Waals surface area contributed by atoms with E-state index in [1.165, 1.54) is 18.3 Å². The molecule has 0 unspecified atom stereocenters. The van der Waals surface area contributed by atoms with Gasteiger partial charge in [-0.05, 0) is 37.5 Å². The molecule has 1 aromatic carbocycles. The highest BCUT2D eigenvalue weighted by atomic mass is 19.4. The van der Waals surface area contributed by atoms with Crippen molar-refractivity contribution in [2.24, 2.45) is 0 Å². The van der Waals surface area contributed by atoms with E-state index in [0.29, 0.717) is 36.0 Å². The number of aliphatic hydroxyl groups is 1. The van der Waals surface area contributed by atoms with E-state index in [1.54, 1.807) is 0 Å². The van der Waals surface area contributed by atoms with Crippen LogP contribution in [0.4, 0.5) is 24.9 Å². The minimum absolute atomic E-state index is 0.0361. The average molecular weight is 437 g/mol. The third kappa shape index (κ3) is 5.63. The molecule has 1 aliphatic heterocycles. The monoisotopic (exact) mass is 437 g/mol. The van der Waals surface area contributed by atoms with E-state index in [-0.39, 0.29) is 13.2 Å². The van der Waals surface area contributed by atoms with Crippen LogP contribution in [0.3, 0.4) is 0 Å². The van der Waals surface area contributed by atoms with Crippen molar-refractivity contribution in [2.45, 2.75) is 32.5 Å². The van der Waals surface area contributed by atoms with Gasteiger partial charge in [-0.3, -0.25) is 4.79 Å². The molecule has 0 radical (unpaired) electrons. The zero-order valence-corrected chi connectivity index (χ0v) is 17.3. The standard InChI is InChI=1S/C21H26F3N5O2/c1-2-28(11-12-30)20-26-14-17(18(27-20)29-9-3-4-10-29)19(31)25-13-15-5-7-16(8-6-15)21(22,23)24/h5-8,14,30H,2-4,9-13H2,1H3,(H,25,31). The van der Waals surface area contributed by atoms with Crippen LogP contribution in [0.15, 0.2) is 30.5 Å². The van der Waals surface area contributed by atoms with Gasteiger partial charge in [0.05, 0.1) is 12.2 Å². The number of aromatic nitrogens is 2. The maximum absolute atomic E-state index is 12.8. The lowest BCUT2D eigenvalue weighted by atomic mass is 10.1. The summed E-state index contributed by atoms with van der Waals surface area (Å²) in [6, 6.07) is 4.68. The predicted octanol–water partition coefficient (Wildman–Crippen LogP) is 2.84. The smallest absolute Gasteiger partial charge is 0.395 e. The molecule has 1 amide bonds. The van der Waals surface area contributed by atoms with Crippen LogP contribution >= 0.6 is 0 Å². The normalized spacial score (nSPS) is 14.0. The Morgan fingerprint density at radius 3 is 2.48 bits per heavy atom. The van der Waals surface area contributed by atoms with E-state index in [2.05, 4.69) is 15.3 Å². The predicted molar refractivity (Wildman–Crippen MR) is 111 cm³/mol. The summed E-state index contributed by atoms with van der Waals surface area (Å²) in [4.78, 5) is 25.6. The van der Waals surface area contributed by atoms with Crippen molar-refractivity contribution in [3.8, 4) is 0 Å². The molecule has 10 heteroatoms. The van der Waals surface area contributed by atoms with Gasteiger partial charge in [0.1, 0.15) is 11.4 Å². The Kier molecular flexibility index (Phi) is 7.32. The number of benzene rings is 1.